The number of esters is 2. The van der Waals surface area contributed by atoms with Crippen LogP contribution in [0, 0.1) is 5.92 Å². The maximum atomic E-state index is 13.6. The van der Waals surface area contributed by atoms with Crippen molar-refractivity contribution in [2.75, 3.05) is 21.3 Å². The first kappa shape index (κ1) is 33.4. The van der Waals surface area contributed by atoms with Crippen LogP contribution in [0.1, 0.15) is 39.0 Å². The number of hydrogen-bond acceptors (Lipinski definition) is 10. The summed E-state index contributed by atoms with van der Waals surface area (Å²) in [4.78, 5) is 51.4. The second kappa shape index (κ2) is 13.9. The number of benzene rings is 1. The van der Waals surface area contributed by atoms with Gasteiger partial charge < -0.3 is 28.1 Å². The number of carbonyl (C=O) groups is 2. The molecule has 42 heavy (non-hydrogen) atoms. The zero-order valence-electron chi connectivity index (χ0n) is 25.5. The van der Waals surface area contributed by atoms with Crippen LogP contribution in [-0.4, -0.2) is 69.0 Å². The van der Waals surface area contributed by atoms with Crippen molar-refractivity contribution in [3.8, 4) is 0 Å². The highest BCUT2D eigenvalue weighted by molar-refractivity contribution is 6.74. The third-order valence-electron chi connectivity index (χ3n) is 7.94. The Bertz CT molecular complexity index is 1320. The lowest BCUT2D eigenvalue weighted by molar-refractivity contribution is -0.161. The SMILES string of the molecule is COC(=O)C(C[C@H]1O[C@@H](n2ccc(=O)n(COCc3ccccc3)c2=O)[C@H](OC)[C@@H]1O[Si](C)(C)C(C)(C)C)C(=O)OC. The minimum absolute atomic E-state index is 0.135. The second-order valence-corrected chi connectivity index (χ2v) is 16.4. The molecule has 1 saturated heterocycles. The van der Waals surface area contributed by atoms with Crippen molar-refractivity contribution in [1.82, 2.24) is 9.13 Å². The normalized spacial score (nSPS) is 21.0. The molecule has 1 aliphatic heterocycles. The van der Waals surface area contributed by atoms with E-state index >= 15 is 0 Å². The summed E-state index contributed by atoms with van der Waals surface area (Å²) in [6.45, 7) is 10.3. The Labute approximate surface area is 246 Å². The van der Waals surface area contributed by atoms with Gasteiger partial charge in [0.15, 0.2) is 20.5 Å². The minimum Gasteiger partial charge on any atom is -0.468 e. The van der Waals surface area contributed by atoms with Crippen LogP contribution < -0.4 is 11.2 Å². The fourth-order valence-electron chi connectivity index (χ4n) is 4.51. The molecule has 0 radical (unpaired) electrons. The van der Waals surface area contributed by atoms with Gasteiger partial charge in [0, 0.05) is 25.8 Å². The van der Waals surface area contributed by atoms with E-state index in [2.05, 4.69) is 33.9 Å². The smallest absolute Gasteiger partial charge is 0.335 e. The molecule has 2 heterocycles. The van der Waals surface area contributed by atoms with Crippen LogP contribution in [0.25, 0.3) is 0 Å². The summed E-state index contributed by atoms with van der Waals surface area (Å²) < 4.78 is 36.5. The van der Waals surface area contributed by atoms with Crippen LogP contribution in [0.3, 0.4) is 0 Å². The average molecular weight is 607 g/mol. The lowest BCUT2D eigenvalue weighted by Gasteiger charge is -2.40. The highest BCUT2D eigenvalue weighted by atomic mass is 28.4. The van der Waals surface area contributed by atoms with Gasteiger partial charge in [-0.25, -0.2) is 9.36 Å². The Balaban J connectivity index is 1.99. The molecule has 12 nitrogen and oxygen atoms in total. The highest BCUT2D eigenvalue weighted by Gasteiger charge is 2.53. The zero-order valence-corrected chi connectivity index (χ0v) is 26.5. The molecule has 1 fully saturated rings. The molecular weight excluding hydrogens is 564 g/mol. The summed E-state index contributed by atoms with van der Waals surface area (Å²) in [7, 11) is 1.37. The van der Waals surface area contributed by atoms with Gasteiger partial charge in [-0.3, -0.25) is 19.0 Å². The lowest BCUT2D eigenvalue weighted by Crippen LogP contribution is -2.50. The average Bonchev–Trinajstić information content (AvgIpc) is 3.28. The molecular formula is C29H42N2O10Si. The molecule has 3 rings (SSSR count). The van der Waals surface area contributed by atoms with Gasteiger partial charge in [0.25, 0.3) is 5.56 Å². The van der Waals surface area contributed by atoms with E-state index in [1.807, 2.05) is 30.3 Å². The van der Waals surface area contributed by atoms with Crippen LogP contribution in [0.4, 0.5) is 0 Å². The molecule has 2 aromatic rings. The van der Waals surface area contributed by atoms with E-state index in [1.165, 1.54) is 38.2 Å². The summed E-state index contributed by atoms with van der Waals surface area (Å²) in [6, 6.07) is 10.6. The van der Waals surface area contributed by atoms with Crippen molar-refractivity contribution in [3.05, 3.63) is 69.0 Å². The van der Waals surface area contributed by atoms with E-state index in [0.29, 0.717) is 0 Å². The van der Waals surface area contributed by atoms with E-state index in [0.717, 1.165) is 10.1 Å². The van der Waals surface area contributed by atoms with Gasteiger partial charge in [-0.05, 0) is 23.7 Å². The number of carbonyl (C=O) groups excluding carboxylic acids is 2. The first-order valence-corrected chi connectivity index (χ1v) is 16.6. The fraction of sp³-hybridized carbons (Fsp3) is 0.586. The molecule has 0 amide bonds. The number of methoxy groups -OCH3 is 3. The monoisotopic (exact) mass is 606 g/mol. The lowest BCUT2D eigenvalue weighted by atomic mass is 9.97. The molecule has 1 aromatic heterocycles. The molecule has 4 atom stereocenters. The number of hydrogen-bond donors (Lipinski definition) is 0. The van der Waals surface area contributed by atoms with Gasteiger partial charge in [-0.1, -0.05) is 51.1 Å². The fourth-order valence-corrected chi connectivity index (χ4v) is 5.83. The van der Waals surface area contributed by atoms with Crippen molar-refractivity contribution in [3.63, 3.8) is 0 Å². The van der Waals surface area contributed by atoms with E-state index in [9.17, 15) is 19.2 Å². The van der Waals surface area contributed by atoms with Crippen LogP contribution >= 0.6 is 0 Å². The molecule has 0 aliphatic carbocycles. The van der Waals surface area contributed by atoms with Crippen molar-refractivity contribution >= 4 is 20.3 Å². The van der Waals surface area contributed by atoms with E-state index < -0.39 is 62.0 Å². The Morgan fingerprint density at radius 2 is 1.60 bits per heavy atom. The molecule has 0 bridgehead atoms. The molecule has 0 spiro atoms. The summed E-state index contributed by atoms with van der Waals surface area (Å²) in [5.74, 6) is -2.85. The Kier molecular flexibility index (Phi) is 11.1. The number of rotatable bonds is 12. The maximum absolute atomic E-state index is 13.6. The second-order valence-electron chi connectivity index (χ2n) is 11.7. The van der Waals surface area contributed by atoms with Gasteiger partial charge in [0.2, 0.25) is 0 Å². The Hall–Kier alpha value is -3.10. The zero-order chi connectivity index (χ0) is 31.2. The van der Waals surface area contributed by atoms with E-state index in [1.54, 1.807) is 0 Å². The third kappa shape index (κ3) is 7.45. The van der Waals surface area contributed by atoms with Gasteiger partial charge in [-0.15, -0.1) is 0 Å². The molecule has 1 aliphatic rings. The highest BCUT2D eigenvalue weighted by Crippen LogP contribution is 2.43. The number of ether oxygens (including phenoxy) is 5. The largest absolute Gasteiger partial charge is 0.468 e. The molecule has 1 aromatic carbocycles. The molecule has 232 valence electrons. The Morgan fingerprint density at radius 3 is 2.14 bits per heavy atom. The molecule has 13 heteroatoms. The molecule has 0 saturated carbocycles. The quantitative estimate of drug-likeness (QED) is 0.202. The van der Waals surface area contributed by atoms with Crippen LogP contribution in [-0.2, 0) is 51.0 Å². The van der Waals surface area contributed by atoms with Crippen molar-refractivity contribution < 1.29 is 37.7 Å². The Morgan fingerprint density at radius 1 is 0.976 bits per heavy atom. The van der Waals surface area contributed by atoms with Crippen molar-refractivity contribution in [1.29, 1.82) is 0 Å². The predicted octanol–water partition coefficient (Wildman–Crippen LogP) is 2.84. The minimum atomic E-state index is -2.46. The van der Waals surface area contributed by atoms with Crippen molar-refractivity contribution in [2.24, 2.45) is 5.92 Å². The van der Waals surface area contributed by atoms with Crippen LogP contribution in [0.5, 0.6) is 0 Å². The van der Waals surface area contributed by atoms with Gasteiger partial charge >= 0.3 is 17.6 Å². The maximum Gasteiger partial charge on any atom is 0.335 e. The van der Waals surface area contributed by atoms with E-state index in [-0.39, 0.29) is 24.8 Å². The summed E-state index contributed by atoms with van der Waals surface area (Å²) in [5, 5.41) is -0.196. The van der Waals surface area contributed by atoms with Crippen molar-refractivity contribution in [2.45, 2.75) is 83.2 Å². The predicted molar refractivity (Wildman–Crippen MR) is 155 cm³/mol. The summed E-state index contributed by atoms with van der Waals surface area (Å²) in [6.07, 6.45) is -2.30. The molecule has 0 unspecified atom stereocenters. The van der Waals surface area contributed by atoms with E-state index in [4.69, 9.17) is 28.1 Å². The van der Waals surface area contributed by atoms with Gasteiger partial charge in [0.1, 0.15) is 18.9 Å². The van der Waals surface area contributed by atoms with Gasteiger partial charge in [-0.2, -0.15) is 0 Å². The standard InChI is InChI=1S/C29H42N2O10Si/c1-29(2,3)42(7,8)41-23-21(16-20(26(33)37-5)27(34)38-6)40-25(24(23)36-4)30-15-14-22(32)31(28(30)35)18-39-17-19-12-10-9-11-13-19/h9-15,20-21,23-25H,16-18H2,1-8H3/t21-,23-,24-,25-/m1/s1. The molecule has 0 N–H and O–H groups in total. The van der Waals surface area contributed by atoms with Gasteiger partial charge in [0.05, 0.1) is 26.9 Å². The number of nitrogens with zero attached hydrogens (tertiary/aromatic N) is 2. The summed E-state index contributed by atoms with van der Waals surface area (Å²) in [5.41, 5.74) is -0.329. The van der Waals surface area contributed by atoms with Crippen LogP contribution in [0.15, 0.2) is 52.2 Å². The van der Waals surface area contributed by atoms with Crippen LogP contribution in [0.2, 0.25) is 18.1 Å². The topological polar surface area (TPSA) is 134 Å². The first-order chi connectivity index (χ1) is 19.7. The summed E-state index contributed by atoms with van der Waals surface area (Å²) >= 11 is 0. The number of aromatic nitrogens is 2. The first-order valence-electron chi connectivity index (χ1n) is 13.7. The third-order valence-corrected chi connectivity index (χ3v) is 12.4.